The zero-order valence-electron chi connectivity index (χ0n) is 17.1. The summed E-state index contributed by atoms with van der Waals surface area (Å²) in [6, 6.07) is 4.97. The Morgan fingerprint density at radius 1 is 1.37 bits per heavy atom. The number of aliphatic hydroxyl groups excluding tert-OH is 1. The molecular formula is C22H27FN4O3. The first kappa shape index (κ1) is 20.7. The molecule has 160 valence electrons. The highest BCUT2D eigenvalue weighted by molar-refractivity contribution is 5.94. The van der Waals surface area contributed by atoms with Gasteiger partial charge in [-0.15, -0.1) is 0 Å². The van der Waals surface area contributed by atoms with Gasteiger partial charge < -0.3 is 14.7 Å². The van der Waals surface area contributed by atoms with Gasteiger partial charge in [0.05, 0.1) is 25.0 Å². The number of amides is 1. The number of methoxy groups -OCH3 is 1. The summed E-state index contributed by atoms with van der Waals surface area (Å²) in [5.41, 5.74) is 1.17. The molecule has 1 unspecified atom stereocenters. The van der Waals surface area contributed by atoms with Crippen LogP contribution in [0.15, 0.2) is 36.8 Å². The predicted octanol–water partition coefficient (Wildman–Crippen LogP) is 2.11. The first-order chi connectivity index (χ1) is 14.5. The van der Waals surface area contributed by atoms with Crippen LogP contribution in [0, 0.1) is 11.2 Å². The van der Waals surface area contributed by atoms with Gasteiger partial charge in [-0.25, -0.2) is 9.37 Å². The maximum Gasteiger partial charge on any atom is 0.255 e. The van der Waals surface area contributed by atoms with Crippen LogP contribution in [0.1, 0.15) is 35.2 Å². The molecule has 1 atom stereocenters. The Kier molecular flexibility index (Phi) is 5.97. The van der Waals surface area contributed by atoms with Crippen molar-refractivity contribution >= 4 is 5.91 Å². The maximum atomic E-state index is 13.6. The number of aromatic nitrogens is 2. The molecule has 0 radical (unpaired) electrons. The Hall–Kier alpha value is -2.58. The highest BCUT2D eigenvalue weighted by Gasteiger charge is 2.43. The van der Waals surface area contributed by atoms with Gasteiger partial charge in [-0.1, -0.05) is 0 Å². The minimum absolute atomic E-state index is 0.0840. The lowest BCUT2D eigenvalue weighted by molar-refractivity contribution is -0.0338. The van der Waals surface area contributed by atoms with Crippen LogP contribution in [-0.2, 0) is 6.54 Å². The van der Waals surface area contributed by atoms with Gasteiger partial charge in [0.15, 0.2) is 0 Å². The van der Waals surface area contributed by atoms with Gasteiger partial charge in [0.25, 0.3) is 5.91 Å². The normalized spacial score (nSPS) is 21.6. The Morgan fingerprint density at radius 2 is 2.17 bits per heavy atom. The lowest BCUT2D eigenvalue weighted by Gasteiger charge is -2.49. The summed E-state index contributed by atoms with van der Waals surface area (Å²) in [5, 5.41) is 10.5. The zero-order chi connectivity index (χ0) is 21.1. The number of pyridine rings is 2. The fourth-order valence-electron chi connectivity index (χ4n) is 4.73. The molecule has 1 N–H and O–H groups in total. The van der Waals surface area contributed by atoms with Crippen molar-refractivity contribution in [2.45, 2.75) is 31.9 Å². The number of carbonyl (C=O) groups is 1. The molecule has 1 spiro atoms. The molecule has 0 bridgehead atoms. The van der Waals surface area contributed by atoms with Gasteiger partial charge in [-0.2, -0.15) is 0 Å². The fourth-order valence-corrected chi connectivity index (χ4v) is 4.73. The molecule has 0 saturated carbocycles. The summed E-state index contributed by atoms with van der Waals surface area (Å²) in [7, 11) is 1.53. The number of ether oxygens (including phenoxy) is 1. The predicted molar refractivity (Wildman–Crippen MR) is 108 cm³/mol. The van der Waals surface area contributed by atoms with Crippen LogP contribution in [0.5, 0.6) is 5.88 Å². The lowest BCUT2D eigenvalue weighted by atomic mass is 9.71. The number of carbonyl (C=O) groups excluding carboxylic acids is 1. The minimum atomic E-state index is -0.529. The van der Waals surface area contributed by atoms with Crippen molar-refractivity contribution in [1.82, 2.24) is 19.8 Å². The molecule has 2 saturated heterocycles. The average molecular weight is 414 g/mol. The molecule has 7 nitrogen and oxygen atoms in total. The van der Waals surface area contributed by atoms with E-state index in [-0.39, 0.29) is 17.1 Å². The number of nitrogens with zero attached hydrogens (tertiary/aromatic N) is 4. The van der Waals surface area contributed by atoms with E-state index in [1.165, 1.54) is 13.2 Å². The van der Waals surface area contributed by atoms with Crippen molar-refractivity contribution in [2.75, 3.05) is 33.3 Å². The molecule has 2 aliphatic rings. The number of β-amino-alcohol motifs (C(OH)–C–C–N with tert-alkyl or cyclic N) is 1. The molecule has 2 aromatic heterocycles. The molecule has 0 aromatic carbocycles. The molecule has 2 aliphatic heterocycles. The van der Waals surface area contributed by atoms with Crippen molar-refractivity contribution in [3.05, 3.63) is 53.7 Å². The summed E-state index contributed by atoms with van der Waals surface area (Å²) in [6.45, 7) is 3.16. The number of rotatable bonds is 4. The van der Waals surface area contributed by atoms with Gasteiger partial charge in [-0.05, 0) is 56.0 Å². The highest BCUT2D eigenvalue weighted by Crippen LogP contribution is 2.40. The number of likely N-dealkylation sites (tertiary alicyclic amines) is 2. The van der Waals surface area contributed by atoms with Crippen molar-refractivity contribution in [2.24, 2.45) is 5.41 Å². The minimum Gasteiger partial charge on any atom is -0.481 e. The SMILES string of the molecule is COc1ncc(F)cc1CN1CCC2(CC1)CC(O)CN(C(=O)c1cccnc1)C2. The molecule has 4 heterocycles. The Morgan fingerprint density at radius 3 is 2.87 bits per heavy atom. The van der Waals surface area contributed by atoms with Crippen molar-refractivity contribution in [3.63, 3.8) is 0 Å². The monoisotopic (exact) mass is 414 g/mol. The van der Waals surface area contributed by atoms with E-state index in [1.54, 1.807) is 29.4 Å². The van der Waals surface area contributed by atoms with E-state index >= 15 is 0 Å². The van der Waals surface area contributed by atoms with Crippen LogP contribution >= 0.6 is 0 Å². The molecule has 0 aliphatic carbocycles. The Bertz CT molecular complexity index is 887. The quantitative estimate of drug-likeness (QED) is 0.826. The number of hydrogen-bond donors (Lipinski definition) is 1. The van der Waals surface area contributed by atoms with Crippen LogP contribution in [-0.4, -0.2) is 70.2 Å². The smallest absolute Gasteiger partial charge is 0.255 e. The van der Waals surface area contributed by atoms with E-state index in [2.05, 4.69) is 14.9 Å². The van der Waals surface area contributed by atoms with E-state index in [1.807, 2.05) is 0 Å². The van der Waals surface area contributed by atoms with Crippen molar-refractivity contribution in [3.8, 4) is 5.88 Å². The first-order valence-electron chi connectivity index (χ1n) is 10.3. The Balaban J connectivity index is 1.42. The molecule has 2 fully saturated rings. The van der Waals surface area contributed by atoms with E-state index in [4.69, 9.17) is 4.74 Å². The van der Waals surface area contributed by atoms with Crippen LogP contribution in [0.2, 0.25) is 0 Å². The van der Waals surface area contributed by atoms with Crippen LogP contribution in [0.3, 0.4) is 0 Å². The van der Waals surface area contributed by atoms with E-state index in [9.17, 15) is 14.3 Å². The Labute approximate surface area is 175 Å². The van der Waals surface area contributed by atoms with Gasteiger partial charge in [0, 0.05) is 37.6 Å². The zero-order valence-corrected chi connectivity index (χ0v) is 17.1. The largest absolute Gasteiger partial charge is 0.481 e. The molecule has 1 amide bonds. The third-order valence-corrected chi connectivity index (χ3v) is 6.22. The number of piperidine rings is 2. The second kappa shape index (κ2) is 8.65. The summed E-state index contributed by atoms with van der Waals surface area (Å²) >= 11 is 0. The van der Waals surface area contributed by atoms with Crippen LogP contribution in [0.25, 0.3) is 0 Å². The van der Waals surface area contributed by atoms with Crippen molar-refractivity contribution in [1.29, 1.82) is 0 Å². The second-order valence-corrected chi connectivity index (χ2v) is 8.38. The number of halogens is 1. The number of hydrogen-bond acceptors (Lipinski definition) is 6. The molecule has 30 heavy (non-hydrogen) atoms. The first-order valence-corrected chi connectivity index (χ1v) is 10.3. The van der Waals surface area contributed by atoms with E-state index in [0.717, 1.165) is 37.7 Å². The molecular weight excluding hydrogens is 387 g/mol. The molecule has 8 heteroatoms. The second-order valence-electron chi connectivity index (χ2n) is 8.38. The van der Waals surface area contributed by atoms with Gasteiger partial charge >= 0.3 is 0 Å². The van der Waals surface area contributed by atoms with Gasteiger partial charge in [-0.3, -0.25) is 14.7 Å². The van der Waals surface area contributed by atoms with Gasteiger partial charge in [0.2, 0.25) is 5.88 Å². The lowest BCUT2D eigenvalue weighted by Crippen LogP contribution is -2.55. The average Bonchev–Trinajstić information content (AvgIpc) is 2.75. The third kappa shape index (κ3) is 4.44. The van der Waals surface area contributed by atoms with E-state index in [0.29, 0.717) is 37.5 Å². The molecule has 2 aromatic rings. The summed E-state index contributed by atoms with van der Waals surface area (Å²) in [6.07, 6.45) is 6.27. The van der Waals surface area contributed by atoms with Gasteiger partial charge in [0.1, 0.15) is 5.82 Å². The summed E-state index contributed by atoms with van der Waals surface area (Å²) in [5.74, 6) is -0.0171. The van der Waals surface area contributed by atoms with Crippen molar-refractivity contribution < 1.29 is 19.0 Å². The fraction of sp³-hybridized carbons (Fsp3) is 0.500. The topological polar surface area (TPSA) is 78.8 Å². The summed E-state index contributed by atoms with van der Waals surface area (Å²) < 4.78 is 18.9. The molecule has 4 rings (SSSR count). The maximum absolute atomic E-state index is 13.6. The standard InChI is InChI=1S/C22H27FN4O3/c1-30-20-17(9-18(23)12-25-20)13-26-7-4-22(5-8-26)10-19(28)14-27(15-22)21(29)16-3-2-6-24-11-16/h2-3,6,9,11-12,19,28H,4-5,7-8,10,13-15H2,1H3. The van der Waals surface area contributed by atoms with Crippen LogP contribution in [0.4, 0.5) is 4.39 Å². The third-order valence-electron chi connectivity index (χ3n) is 6.22. The number of aliphatic hydroxyl groups is 1. The summed E-state index contributed by atoms with van der Waals surface area (Å²) in [4.78, 5) is 24.9. The van der Waals surface area contributed by atoms with Crippen LogP contribution < -0.4 is 4.74 Å². The highest BCUT2D eigenvalue weighted by atomic mass is 19.1. The van der Waals surface area contributed by atoms with E-state index < -0.39 is 6.10 Å².